The molecule has 0 spiro atoms. The van der Waals surface area contributed by atoms with Crippen molar-refractivity contribution in [2.45, 2.75) is 20.4 Å². The molecule has 2 aromatic rings. The number of aryl methyl sites for hydroxylation is 1. The second kappa shape index (κ2) is 6.27. The Labute approximate surface area is 125 Å². The van der Waals surface area contributed by atoms with Crippen LogP contribution in [0.3, 0.4) is 0 Å². The molecule has 0 saturated carbocycles. The lowest BCUT2D eigenvalue weighted by Crippen LogP contribution is -2.18. The predicted octanol–water partition coefficient (Wildman–Crippen LogP) is 3.22. The number of anilines is 1. The molecule has 0 aliphatic heterocycles. The van der Waals surface area contributed by atoms with E-state index in [1.54, 1.807) is 13.2 Å². The van der Waals surface area contributed by atoms with Crippen LogP contribution in [0.4, 0.5) is 5.69 Å². The van der Waals surface area contributed by atoms with E-state index in [1.165, 1.54) is 0 Å². The minimum absolute atomic E-state index is 0.658. The van der Waals surface area contributed by atoms with Gasteiger partial charge in [0.05, 0.1) is 31.0 Å². The van der Waals surface area contributed by atoms with Crippen LogP contribution in [0, 0.1) is 25.2 Å². The van der Waals surface area contributed by atoms with Gasteiger partial charge in [0.25, 0.3) is 0 Å². The fourth-order valence-electron chi connectivity index (χ4n) is 2.36. The third kappa shape index (κ3) is 3.14. The van der Waals surface area contributed by atoms with E-state index in [9.17, 15) is 0 Å². The zero-order valence-electron chi connectivity index (χ0n) is 12.8. The molecule has 0 aliphatic rings. The average Bonchev–Trinajstić information content (AvgIpc) is 2.50. The maximum Gasteiger partial charge on any atom is 0.128 e. The fraction of sp³-hybridized carbons (Fsp3) is 0.294. The highest BCUT2D eigenvalue weighted by molar-refractivity contribution is 5.52. The quantitative estimate of drug-likeness (QED) is 0.863. The molecule has 0 bridgehead atoms. The molecule has 21 heavy (non-hydrogen) atoms. The highest BCUT2D eigenvalue weighted by Crippen LogP contribution is 2.25. The number of aromatic nitrogens is 1. The van der Waals surface area contributed by atoms with E-state index in [2.05, 4.69) is 16.0 Å². The smallest absolute Gasteiger partial charge is 0.128 e. The summed E-state index contributed by atoms with van der Waals surface area (Å²) in [7, 11) is 3.67. The Balaban J connectivity index is 2.27. The standard InChI is InChI=1S/C17H19N3O/c1-12-10-19-16(13(2)17(12)21-4)11-20(3)15-7-5-6-14(8-15)9-18/h5-8,10H,11H2,1-4H3. The van der Waals surface area contributed by atoms with Crippen molar-refractivity contribution in [3.05, 3.63) is 52.8 Å². The number of rotatable bonds is 4. The van der Waals surface area contributed by atoms with Crippen LogP contribution in [0.15, 0.2) is 30.5 Å². The minimum atomic E-state index is 0.658. The third-order valence-corrected chi connectivity index (χ3v) is 3.55. The molecular formula is C17H19N3O. The molecule has 0 N–H and O–H groups in total. The van der Waals surface area contributed by atoms with E-state index >= 15 is 0 Å². The van der Waals surface area contributed by atoms with Crippen molar-refractivity contribution in [3.8, 4) is 11.8 Å². The second-order valence-corrected chi connectivity index (χ2v) is 5.06. The highest BCUT2D eigenvalue weighted by Gasteiger charge is 2.12. The van der Waals surface area contributed by atoms with Crippen LogP contribution in [-0.2, 0) is 6.54 Å². The van der Waals surface area contributed by atoms with Gasteiger partial charge < -0.3 is 9.64 Å². The van der Waals surface area contributed by atoms with Gasteiger partial charge in [-0.2, -0.15) is 5.26 Å². The van der Waals surface area contributed by atoms with Gasteiger partial charge in [0.2, 0.25) is 0 Å². The Morgan fingerprint density at radius 3 is 2.76 bits per heavy atom. The van der Waals surface area contributed by atoms with Crippen molar-refractivity contribution < 1.29 is 4.74 Å². The normalized spacial score (nSPS) is 10.0. The average molecular weight is 281 g/mol. The first-order chi connectivity index (χ1) is 10.1. The molecule has 4 heteroatoms. The van der Waals surface area contributed by atoms with E-state index in [1.807, 2.05) is 45.3 Å². The lowest BCUT2D eigenvalue weighted by molar-refractivity contribution is 0.407. The zero-order valence-corrected chi connectivity index (χ0v) is 12.8. The van der Waals surface area contributed by atoms with Gasteiger partial charge in [0.15, 0.2) is 0 Å². The Kier molecular flexibility index (Phi) is 4.44. The van der Waals surface area contributed by atoms with Crippen molar-refractivity contribution in [1.29, 1.82) is 5.26 Å². The van der Waals surface area contributed by atoms with Crippen LogP contribution in [-0.4, -0.2) is 19.1 Å². The van der Waals surface area contributed by atoms with Crippen molar-refractivity contribution >= 4 is 5.69 Å². The first-order valence-electron chi connectivity index (χ1n) is 6.77. The van der Waals surface area contributed by atoms with E-state index < -0.39 is 0 Å². The van der Waals surface area contributed by atoms with Gasteiger partial charge >= 0.3 is 0 Å². The van der Waals surface area contributed by atoms with Crippen molar-refractivity contribution in [2.75, 3.05) is 19.1 Å². The molecule has 1 aromatic heterocycles. The summed E-state index contributed by atoms with van der Waals surface area (Å²) < 4.78 is 5.44. The molecule has 4 nitrogen and oxygen atoms in total. The first-order valence-corrected chi connectivity index (χ1v) is 6.77. The van der Waals surface area contributed by atoms with Gasteiger partial charge in [0, 0.05) is 30.1 Å². The van der Waals surface area contributed by atoms with Gasteiger partial charge in [-0.3, -0.25) is 4.98 Å². The first kappa shape index (κ1) is 14.9. The highest BCUT2D eigenvalue weighted by atomic mass is 16.5. The lowest BCUT2D eigenvalue weighted by atomic mass is 10.1. The van der Waals surface area contributed by atoms with Crippen LogP contribution in [0.1, 0.15) is 22.4 Å². The predicted molar refractivity (Wildman–Crippen MR) is 83.5 cm³/mol. The number of pyridine rings is 1. The minimum Gasteiger partial charge on any atom is -0.496 e. The number of hydrogen-bond acceptors (Lipinski definition) is 4. The Morgan fingerprint density at radius 1 is 1.33 bits per heavy atom. The van der Waals surface area contributed by atoms with Gasteiger partial charge in [-0.25, -0.2) is 0 Å². The molecule has 0 saturated heterocycles. The van der Waals surface area contributed by atoms with Crippen molar-refractivity contribution in [3.63, 3.8) is 0 Å². The molecule has 1 heterocycles. The SMILES string of the molecule is COc1c(C)cnc(CN(C)c2cccc(C#N)c2)c1C. The number of ether oxygens (including phenoxy) is 1. The Bertz CT molecular complexity index is 689. The lowest BCUT2D eigenvalue weighted by Gasteiger charge is -2.21. The summed E-state index contributed by atoms with van der Waals surface area (Å²) in [5.41, 5.74) is 4.72. The summed E-state index contributed by atoms with van der Waals surface area (Å²) in [4.78, 5) is 6.58. The maximum absolute atomic E-state index is 8.98. The van der Waals surface area contributed by atoms with Crippen LogP contribution in [0.25, 0.3) is 0 Å². The summed E-state index contributed by atoms with van der Waals surface area (Å²) in [6.45, 7) is 4.67. The summed E-state index contributed by atoms with van der Waals surface area (Å²) in [6, 6.07) is 9.71. The number of methoxy groups -OCH3 is 1. The number of nitriles is 1. The molecule has 2 rings (SSSR count). The molecule has 0 amide bonds. The monoisotopic (exact) mass is 281 g/mol. The molecule has 0 unspecified atom stereocenters. The summed E-state index contributed by atoms with van der Waals surface area (Å²) in [5.74, 6) is 0.888. The Morgan fingerprint density at radius 2 is 2.10 bits per heavy atom. The molecule has 0 radical (unpaired) electrons. The van der Waals surface area contributed by atoms with Gasteiger partial charge in [-0.15, -0.1) is 0 Å². The molecule has 0 aliphatic carbocycles. The molecule has 0 atom stereocenters. The fourth-order valence-corrected chi connectivity index (χ4v) is 2.36. The van der Waals surface area contributed by atoms with Gasteiger partial charge in [-0.1, -0.05) is 6.07 Å². The van der Waals surface area contributed by atoms with Crippen LogP contribution >= 0.6 is 0 Å². The second-order valence-electron chi connectivity index (χ2n) is 5.06. The van der Waals surface area contributed by atoms with E-state index in [0.717, 1.165) is 28.3 Å². The van der Waals surface area contributed by atoms with E-state index in [4.69, 9.17) is 10.00 Å². The van der Waals surface area contributed by atoms with Crippen molar-refractivity contribution in [2.24, 2.45) is 0 Å². The van der Waals surface area contributed by atoms with Crippen LogP contribution < -0.4 is 9.64 Å². The van der Waals surface area contributed by atoms with Gasteiger partial charge in [0.1, 0.15) is 5.75 Å². The topological polar surface area (TPSA) is 49.1 Å². The third-order valence-electron chi connectivity index (χ3n) is 3.55. The number of benzene rings is 1. The summed E-state index contributed by atoms with van der Waals surface area (Å²) in [5, 5.41) is 8.98. The largest absolute Gasteiger partial charge is 0.496 e. The molecule has 1 aromatic carbocycles. The molecular weight excluding hydrogens is 262 g/mol. The molecule has 0 fully saturated rings. The zero-order chi connectivity index (χ0) is 15.4. The number of hydrogen-bond donors (Lipinski definition) is 0. The Hall–Kier alpha value is -2.54. The van der Waals surface area contributed by atoms with Crippen LogP contribution in [0.5, 0.6) is 5.75 Å². The maximum atomic E-state index is 8.98. The van der Waals surface area contributed by atoms with E-state index in [-0.39, 0.29) is 0 Å². The number of nitrogens with zero attached hydrogens (tertiary/aromatic N) is 3. The molecule has 108 valence electrons. The van der Waals surface area contributed by atoms with Crippen LogP contribution in [0.2, 0.25) is 0 Å². The summed E-state index contributed by atoms with van der Waals surface area (Å²) >= 11 is 0. The summed E-state index contributed by atoms with van der Waals surface area (Å²) in [6.07, 6.45) is 1.83. The van der Waals surface area contributed by atoms with Gasteiger partial charge in [-0.05, 0) is 32.0 Å². The van der Waals surface area contributed by atoms with Crippen molar-refractivity contribution in [1.82, 2.24) is 4.98 Å². The van der Waals surface area contributed by atoms with E-state index in [0.29, 0.717) is 12.1 Å².